The van der Waals surface area contributed by atoms with Gasteiger partial charge in [0.2, 0.25) is 0 Å². The average molecular weight is 316 g/mol. The van der Waals surface area contributed by atoms with Crippen LogP contribution in [0.2, 0.25) is 0 Å². The van der Waals surface area contributed by atoms with E-state index in [0.29, 0.717) is 0 Å². The maximum atomic E-state index is 11.4. The van der Waals surface area contributed by atoms with Gasteiger partial charge in [-0.1, -0.05) is 24.3 Å². The summed E-state index contributed by atoms with van der Waals surface area (Å²) < 4.78 is 5.16. The van der Waals surface area contributed by atoms with Crippen molar-refractivity contribution in [2.45, 2.75) is 13.0 Å². The summed E-state index contributed by atoms with van der Waals surface area (Å²) in [7, 11) is 0. The molecule has 2 rings (SSSR count). The van der Waals surface area contributed by atoms with Crippen LogP contribution in [0, 0.1) is 20.2 Å². The Morgan fingerprint density at radius 2 is 1.30 bits per heavy atom. The van der Waals surface area contributed by atoms with Gasteiger partial charge in [-0.3, -0.25) is 25.0 Å². The monoisotopic (exact) mass is 316 g/mol. The molecule has 0 bridgehead atoms. The maximum Gasteiger partial charge on any atom is 0.303 e. The van der Waals surface area contributed by atoms with E-state index >= 15 is 0 Å². The fourth-order valence-corrected chi connectivity index (χ4v) is 2.21. The van der Waals surface area contributed by atoms with Gasteiger partial charge in [0.1, 0.15) is 0 Å². The lowest BCUT2D eigenvalue weighted by molar-refractivity contribution is -0.387. The van der Waals surface area contributed by atoms with E-state index in [0.717, 1.165) is 6.92 Å². The summed E-state index contributed by atoms with van der Waals surface area (Å²) in [6.45, 7) is 1.14. The molecule has 8 nitrogen and oxygen atoms in total. The molecule has 0 aliphatic carbocycles. The first-order valence-electron chi connectivity index (χ1n) is 6.55. The summed E-state index contributed by atoms with van der Waals surface area (Å²) in [5, 5.41) is 22.4. The SMILES string of the molecule is CC(=O)OC(c1ccccc1[N+](=O)[O-])c1ccccc1[N+](=O)[O-]. The number of hydrogen-bond donors (Lipinski definition) is 0. The number of esters is 1. The van der Waals surface area contributed by atoms with Gasteiger partial charge in [-0.25, -0.2) is 0 Å². The number of nitro groups is 2. The Morgan fingerprint density at radius 3 is 1.65 bits per heavy atom. The highest BCUT2D eigenvalue weighted by Gasteiger charge is 2.30. The van der Waals surface area contributed by atoms with E-state index in [2.05, 4.69) is 0 Å². The van der Waals surface area contributed by atoms with Gasteiger partial charge in [-0.2, -0.15) is 0 Å². The molecular formula is C15H12N2O6. The molecule has 0 fully saturated rings. The molecule has 0 atom stereocenters. The third-order valence-electron chi connectivity index (χ3n) is 3.12. The van der Waals surface area contributed by atoms with Gasteiger partial charge < -0.3 is 4.74 Å². The molecule has 0 unspecified atom stereocenters. The zero-order valence-electron chi connectivity index (χ0n) is 12.0. The van der Waals surface area contributed by atoms with Crippen LogP contribution < -0.4 is 0 Å². The minimum absolute atomic E-state index is 0.0713. The third kappa shape index (κ3) is 3.49. The molecular weight excluding hydrogens is 304 g/mol. The Morgan fingerprint density at radius 1 is 0.913 bits per heavy atom. The third-order valence-corrected chi connectivity index (χ3v) is 3.12. The predicted octanol–water partition coefficient (Wildman–Crippen LogP) is 3.16. The first-order chi connectivity index (χ1) is 10.9. The Kier molecular flexibility index (Phi) is 4.65. The largest absolute Gasteiger partial charge is 0.452 e. The second kappa shape index (κ2) is 6.65. The van der Waals surface area contributed by atoms with E-state index < -0.39 is 21.9 Å². The van der Waals surface area contributed by atoms with E-state index in [1.54, 1.807) is 0 Å². The standard InChI is InChI=1S/C15H12N2O6/c1-10(18)23-15(11-6-2-4-8-13(11)16(19)20)12-7-3-5-9-14(12)17(21)22/h2-9,15H,1H3. The topological polar surface area (TPSA) is 113 Å². The Labute approximate surface area is 130 Å². The quantitative estimate of drug-likeness (QED) is 0.475. The highest BCUT2D eigenvalue weighted by molar-refractivity contribution is 5.67. The molecule has 0 heterocycles. The van der Waals surface area contributed by atoms with E-state index in [1.807, 2.05) is 0 Å². The predicted molar refractivity (Wildman–Crippen MR) is 79.8 cm³/mol. The van der Waals surface area contributed by atoms with Gasteiger partial charge in [0.05, 0.1) is 21.0 Å². The second-order valence-corrected chi connectivity index (χ2v) is 4.62. The minimum atomic E-state index is -1.24. The van der Waals surface area contributed by atoms with Crippen LogP contribution >= 0.6 is 0 Å². The number of carbonyl (C=O) groups excluding carboxylic acids is 1. The van der Waals surface area contributed by atoms with Crippen LogP contribution in [0.3, 0.4) is 0 Å². The van der Waals surface area contributed by atoms with Crippen LogP contribution in [0.15, 0.2) is 48.5 Å². The molecule has 0 radical (unpaired) electrons. The summed E-state index contributed by atoms with van der Waals surface area (Å²) in [6, 6.07) is 11.3. The summed E-state index contributed by atoms with van der Waals surface area (Å²) in [6.07, 6.45) is -1.24. The average Bonchev–Trinajstić information content (AvgIpc) is 2.52. The van der Waals surface area contributed by atoms with Crippen LogP contribution in [0.1, 0.15) is 24.2 Å². The van der Waals surface area contributed by atoms with Gasteiger partial charge >= 0.3 is 5.97 Å². The van der Waals surface area contributed by atoms with Crippen LogP contribution in [0.5, 0.6) is 0 Å². The van der Waals surface area contributed by atoms with Crippen LogP contribution in [0.4, 0.5) is 11.4 Å². The summed E-state index contributed by atoms with van der Waals surface area (Å²) in [5.74, 6) is -0.702. The van der Waals surface area contributed by atoms with Crippen LogP contribution in [0.25, 0.3) is 0 Å². The number of hydrogen-bond acceptors (Lipinski definition) is 6. The van der Waals surface area contributed by atoms with Gasteiger partial charge in [-0.15, -0.1) is 0 Å². The van der Waals surface area contributed by atoms with Crippen molar-refractivity contribution in [2.24, 2.45) is 0 Å². The molecule has 0 saturated heterocycles. The molecule has 2 aromatic rings. The van der Waals surface area contributed by atoms with Gasteiger partial charge in [0, 0.05) is 19.1 Å². The first kappa shape index (κ1) is 16.1. The van der Waals surface area contributed by atoms with Crippen molar-refractivity contribution in [1.29, 1.82) is 0 Å². The van der Waals surface area contributed by atoms with Crippen LogP contribution in [-0.4, -0.2) is 15.8 Å². The Bertz CT molecular complexity index is 717. The van der Waals surface area contributed by atoms with Gasteiger partial charge in [-0.05, 0) is 12.1 Å². The Balaban J connectivity index is 2.67. The number of ether oxygens (including phenoxy) is 1. The lowest BCUT2D eigenvalue weighted by Gasteiger charge is -2.17. The van der Waals surface area contributed by atoms with Crippen molar-refractivity contribution in [3.8, 4) is 0 Å². The van der Waals surface area contributed by atoms with E-state index in [1.165, 1.54) is 48.5 Å². The van der Waals surface area contributed by atoms with Crippen molar-refractivity contribution in [3.05, 3.63) is 79.9 Å². The molecule has 0 amide bonds. The molecule has 23 heavy (non-hydrogen) atoms. The molecule has 2 aromatic carbocycles. The molecule has 0 aliphatic rings. The van der Waals surface area contributed by atoms with E-state index in [-0.39, 0.29) is 22.5 Å². The van der Waals surface area contributed by atoms with Crippen LogP contribution in [-0.2, 0) is 9.53 Å². The zero-order chi connectivity index (χ0) is 17.0. The number of benzene rings is 2. The zero-order valence-corrected chi connectivity index (χ0v) is 12.0. The fourth-order valence-electron chi connectivity index (χ4n) is 2.21. The number of carbonyl (C=O) groups is 1. The minimum Gasteiger partial charge on any atom is -0.452 e. The lowest BCUT2D eigenvalue weighted by Crippen LogP contribution is -2.13. The van der Waals surface area contributed by atoms with Crippen molar-refractivity contribution < 1.29 is 19.4 Å². The molecule has 0 spiro atoms. The number of nitrogens with zero attached hydrogens (tertiary/aromatic N) is 2. The molecule has 0 saturated carbocycles. The normalized spacial score (nSPS) is 10.3. The van der Waals surface area contributed by atoms with E-state index in [9.17, 15) is 25.0 Å². The van der Waals surface area contributed by atoms with E-state index in [4.69, 9.17) is 4.74 Å². The van der Waals surface area contributed by atoms with Gasteiger partial charge in [0.25, 0.3) is 11.4 Å². The number of para-hydroxylation sites is 2. The summed E-state index contributed by atoms with van der Waals surface area (Å²) in [5.41, 5.74) is -0.419. The lowest BCUT2D eigenvalue weighted by atomic mass is 9.98. The molecule has 8 heteroatoms. The number of nitro benzene ring substituents is 2. The van der Waals surface area contributed by atoms with Crippen molar-refractivity contribution in [2.75, 3.05) is 0 Å². The summed E-state index contributed by atoms with van der Waals surface area (Å²) in [4.78, 5) is 32.5. The molecule has 0 aliphatic heterocycles. The second-order valence-electron chi connectivity index (χ2n) is 4.62. The maximum absolute atomic E-state index is 11.4. The molecule has 0 N–H and O–H groups in total. The smallest absolute Gasteiger partial charge is 0.303 e. The highest BCUT2D eigenvalue weighted by Crippen LogP contribution is 2.36. The number of rotatable bonds is 5. The summed E-state index contributed by atoms with van der Waals surface area (Å²) >= 11 is 0. The van der Waals surface area contributed by atoms with Crippen molar-refractivity contribution in [1.82, 2.24) is 0 Å². The molecule has 0 aromatic heterocycles. The fraction of sp³-hybridized carbons (Fsp3) is 0.133. The first-order valence-corrected chi connectivity index (χ1v) is 6.55. The molecule has 118 valence electrons. The van der Waals surface area contributed by atoms with Crippen molar-refractivity contribution >= 4 is 17.3 Å². The van der Waals surface area contributed by atoms with Crippen molar-refractivity contribution in [3.63, 3.8) is 0 Å². The highest BCUT2D eigenvalue weighted by atomic mass is 16.6. The Hall–Kier alpha value is -3.29. The van der Waals surface area contributed by atoms with Gasteiger partial charge in [0.15, 0.2) is 6.10 Å².